The summed E-state index contributed by atoms with van der Waals surface area (Å²) in [5.41, 5.74) is 4.77. The second kappa shape index (κ2) is 5.61. The van der Waals surface area contributed by atoms with Crippen LogP contribution in [0.4, 0.5) is 8.78 Å². The maximum atomic E-state index is 12.1. The minimum Gasteiger partial charge on any atom is -0.434 e. The van der Waals surface area contributed by atoms with Crippen molar-refractivity contribution in [3.05, 3.63) is 35.4 Å². The number of rotatable bonds is 4. The van der Waals surface area contributed by atoms with E-state index in [0.717, 1.165) is 6.08 Å². The fourth-order valence-electron chi connectivity index (χ4n) is 1.12. The lowest BCUT2D eigenvalue weighted by molar-refractivity contribution is -0.114. The van der Waals surface area contributed by atoms with Crippen LogP contribution in [-0.2, 0) is 4.79 Å². The molecule has 1 aromatic carbocycles. The number of nitrogens with zero attached hydrogens (tertiary/aromatic N) is 1. The van der Waals surface area contributed by atoms with Crippen LogP contribution in [0.1, 0.15) is 5.56 Å². The second-order valence-corrected chi connectivity index (χ2v) is 2.95. The molecule has 88 valence electrons. The zero-order valence-electron chi connectivity index (χ0n) is 8.56. The summed E-state index contributed by atoms with van der Waals surface area (Å²) in [7, 11) is 0. The molecule has 0 aliphatic rings. The number of halogens is 2. The number of primary amides is 1. The summed E-state index contributed by atoms with van der Waals surface area (Å²) in [4.78, 5) is 10.8. The van der Waals surface area contributed by atoms with Gasteiger partial charge in [-0.1, -0.05) is 18.2 Å². The van der Waals surface area contributed by atoms with Gasteiger partial charge in [-0.05, 0) is 12.1 Å². The van der Waals surface area contributed by atoms with Crippen LogP contribution in [0.5, 0.6) is 5.75 Å². The molecule has 0 saturated carbocycles. The lowest BCUT2D eigenvalue weighted by Crippen LogP contribution is -2.12. The van der Waals surface area contributed by atoms with Crippen molar-refractivity contribution in [2.75, 3.05) is 0 Å². The molecule has 2 N–H and O–H groups in total. The number of nitriles is 1. The Hall–Kier alpha value is -2.42. The van der Waals surface area contributed by atoms with Crippen LogP contribution in [0.15, 0.2) is 29.8 Å². The van der Waals surface area contributed by atoms with Crippen molar-refractivity contribution >= 4 is 12.0 Å². The predicted octanol–water partition coefficient (Wildman–Crippen LogP) is 1.68. The molecule has 6 heteroatoms. The average molecular weight is 238 g/mol. The quantitative estimate of drug-likeness (QED) is 0.640. The highest BCUT2D eigenvalue weighted by Crippen LogP contribution is 2.22. The zero-order valence-corrected chi connectivity index (χ0v) is 8.56. The maximum Gasteiger partial charge on any atom is 0.387 e. The van der Waals surface area contributed by atoms with E-state index >= 15 is 0 Å². The van der Waals surface area contributed by atoms with Crippen LogP contribution >= 0.6 is 0 Å². The van der Waals surface area contributed by atoms with Crippen LogP contribution in [0.25, 0.3) is 6.08 Å². The minimum absolute atomic E-state index is 0.128. The molecule has 0 saturated heterocycles. The third kappa shape index (κ3) is 3.57. The Morgan fingerprint density at radius 1 is 1.47 bits per heavy atom. The van der Waals surface area contributed by atoms with Crippen molar-refractivity contribution < 1.29 is 18.3 Å². The number of carbonyl (C=O) groups excluding carboxylic acids is 1. The Morgan fingerprint density at radius 3 is 2.65 bits per heavy atom. The topological polar surface area (TPSA) is 76.1 Å². The van der Waals surface area contributed by atoms with Gasteiger partial charge in [0.05, 0.1) is 0 Å². The summed E-state index contributed by atoms with van der Waals surface area (Å²) < 4.78 is 28.4. The summed E-state index contributed by atoms with van der Waals surface area (Å²) in [5.74, 6) is -1.06. The van der Waals surface area contributed by atoms with Crippen LogP contribution in [0, 0.1) is 11.3 Å². The lowest BCUT2D eigenvalue weighted by Gasteiger charge is -2.07. The number of hydrogen-bond donors (Lipinski definition) is 1. The molecule has 0 unspecified atom stereocenters. The predicted molar refractivity (Wildman–Crippen MR) is 55.9 cm³/mol. The van der Waals surface area contributed by atoms with E-state index in [9.17, 15) is 13.6 Å². The summed E-state index contributed by atoms with van der Waals surface area (Å²) in [6, 6.07) is 7.35. The van der Waals surface area contributed by atoms with Gasteiger partial charge in [-0.25, -0.2) is 0 Å². The standard InChI is InChI=1S/C11H8F2N2O2/c12-11(13)17-9-4-2-1-3-7(9)5-8(6-14)10(15)16/h1-5,11H,(H2,15,16)/b8-5+. The molecule has 0 aliphatic heterocycles. The second-order valence-electron chi connectivity index (χ2n) is 2.95. The fraction of sp³-hybridized carbons (Fsp3) is 0.0909. The first-order chi connectivity index (χ1) is 8.04. The molecule has 0 fully saturated rings. The van der Waals surface area contributed by atoms with Gasteiger partial charge in [-0.15, -0.1) is 0 Å². The summed E-state index contributed by atoms with van der Waals surface area (Å²) >= 11 is 0. The molecular formula is C11H8F2N2O2. The number of nitrogens with two attached hydrogens (primary N) is 1. The van der Waals surface area contributed by atoms with E-state index in [1.807, 2.05) is 0 Å². The zero-order chi connectivity index (χ0) is 12.8. The van der Waals surface area contributed by atoms with E-state index < -0.39 is 12.5 Å². The summed E-state index contributed by atoms with van der Waals surface area (Å²) in [6.45, 7) is -2.98. The number of para-hydroxylation sites is 1. The number of alkyl halides is 2. The molecule has 0 spiro atoms. The molecule has 17 heavy (non-hydrogen) atoms. The minimum atomic E-state index is -2.98. The first kappa shape index (κ1) is 12.6. The van der Waals surface area contributed by atoms with E-state index in [-0.39, 0.29) is 16.9 Å². The molecule has 0 bridgehead atoms. The molecule has 1 rings (SSSR count). The Morgan fingerprint density at radius 2 is 2.12 bits per heavy atom. The van der Waals surface area contributed by atoms with Crippen LogP contribution in [0.2, 0.25) is 0 Å². The highest BCUT2D eigenvalue weighted by atomic mass is 19.3. The monoisotopic (exact) mass is 238 g/mol. The van der Waals surface area contributed by atoms with Gasteiger partial charge in [0.15, 0.2) is 0 Å². The molecule has 0 aliphatic carbocycles. The molecule has 0 atom stereocenters. The third-order valence-electron chi connectivity index (χ3n) is 1.82. The molecule has 0 aromatic heterocycles. The van der Waals surface area contributed by atoms with Gasteiger partial charge in [0.25, 0.3) is 5.91 Å². The van der Waals surface area contributed by atoms with Gasteiger partial charge in [0.2, 0.25) is 0 Å². The normalized spacial score (nSPS) is 11.1. The number of ether oxygens (including phenoxy) is 1. The molecule has 1 aromatic rings. The van der Waals surface area contributed by atoms with E-state index in [2.05, 4.69) is 4.74 Å². The molecular weight excluding hydrogens is 230 g/mol. The Balaban J connectivity index is 3.14. The highest BCUT2D eigenvalue weighted by molar-refractivity contribution is 6.00. The molecule has 1 amide bonds. The van der Waals surface area contributed by atoms with Crippen molar-refractivity contribution in [3.63, 3.8) is 0 Å². The van der Waals surface area contributed by atoms with Crippen molar-refractivity contribution in [1.29, 1.82) is 5.26 Å². The van der Waals surface area contributed by atoms with Gasteiger partial charge in [0, 0.05) is 5.56 Å². The fourth-order valence-corrected chi connectivity index (χ4v) is 1.12. The Kier molecular flexibility index (Phi) is 4.17. The van der Waals surface area contributed by atoms with Crippen LogP contribution in [0.3, 0.4) is 0 Å². The van der Waals surface area contributed by atoms with Gasteiger partial charge >= 0.3 is 6.61 Å². The Bertz CT molecular complexity index is 492. The van der Waals surface area contributed by atoms with Gasteiger partial charge < -0.3 is 10.5 Å². The molecule has 4 nitrogen and oxygen atoms in total. The van der Waals surface area contributed by atoms with Crippen molar-refractivity contribution in [2.45, 2.75) is 6.61 Å². The molecule has 0 radical (unpaired) electrons. The lowest BCUT2D eigenvalue weighted by atomic mass is 10.1. The first-order valence-electron chi connectivity index (χ1n) is 4.50. The summed E-state index contributed by atoms with van der Waals surface area (Å²) in [6.07, 6.45) is 1.10. The van der Waals surface area contributed by atoms with E-state index in [4.69, 9.17) is 11.0 Å². The van der Waals surface area contributed by atoms with Crippen molar-refractivity contribution in [1.82, 2.24) is 0 Å². The summed E-state index contributed by atoms with van der Waals surface area (Å²) in [5, 5.41) is 8.62. The first-order valence-corrected chi connectivity index (χ1v) is 4.50. The number of benzene rings is 1. The maximum absolute atomic E-state index is 12.1. The smallest absolute Gasteiger partial charge is 0.387 e. The van der Waals surface area contributed by atoms with Gasteiger partial charge in [-0.3, -0.25) is 4.79 Å². The van der Waals surface area contributed by atoms with E-state index in [1.54, 1.807) is 12.1 Å². The average Bonchev–Trinajstić information content (AvgIpc) is 2.26. The SMILES string of the molecule is N#C/C(=C\c1ccccc1OC(F)F)C(N)=O. The van der Waals surface area contributed by atoms with Crippen LogP contribution < -0.4 is 10.5 Å². The molecule has 0 heterocycles. The number of hydrogen-bond acceptors (Lipinski definition) is 3. The number of amides is 1. The van der Waals surface area contributed by atoms with E-state index in [1.165, 1.54) is 18.2 Å². The largest absolute Gasteiger partial charge is 0.434 e. The van der Waals surface area contributed by atoms with Gasteiger partial charge in [0.1, 0.15) is 17.4 Å². The Labute approximate surface area is 95.9 Å². The van der Waals surface area contributed by atoms with Crippen LogP contribution in [-0.4, -0.2) is 12.5 Å². The van der Waals surface area contributed by atoms with Crippen molar-refractivity contribution in [2.24, 2.45) is 5.73 Å². The third-order valence-corrected chi connectivity index (χ3v) is 1.82. The van der Waals surface area contributed by atoms with E-state index in [0.29, 0.717) is 0 Å². The highest BCUT2D eigenvalue weighted by Gasteiger charge is 2.10. The van der Waals surface area contributed by atoms with Gasteiger partial charge in [-0.2, -0.15) is 14.0 Å². The van der Waals surface area contributed by atoms with Crippen molar-refractivity contribution in [3.8, 4) is 11.8 Å². The number of carbonyl (C=O) groups is 1.